The summed E-state index contributed by atoms with van der Waals surface area (Å²) in [4.78, 5) is 0. The number of benzene rings is 1. The largest absolute Gasteiger partial charge is 0.435 e. The molecule has 0 atom stereocenters. The molecule has 13 heteroatoms. The molecule has 2 rings (SSSR count). The maximum atomic E-state index is 12.8. The minimum Gasteiger partial charge on any atom is -0.345 e. The quantitative estimate of drug-likeness (QED) is 0.641. The Balaban J connectivity index is 2.54. The van der Waals surface area contributed by atoms with Crippen LogP contribution in [0.2, 0.25) is 0 Å². The lowest BCUT2D eigenvalue weighted by Gasteiger charge is -2.14. The zero-order valence-corrected chi connectivity index (χ0v) is 12.8. The fourth-order valence-electron chi connectivity index (χ4n) is 1.83. The van der Waals surface area contributed by atoms with Crippen LogP contribution in [-0.2, 0) is 18.5 Å². The molecule has 0 aliphatic rings. The van der Waals surface area contributed by atoms with E-state index in [4.69, 9.17) is 5.26 Å². The molecule has 0 aliphatic heterocycles. The Kier molecular flexibility index (Phi) is 4.84. The van der Waals surface area contributed by atoms with Crippen molar-refractivity contribution in [2.24, 2.45) is 0 Å². The summed E-state index contributed by atoms with van der Waals surface area (Å²) in [5.41, 5.74) is -6.73. The molecule has 0 amide bonds. The van der Waals surface area contributed by atoms with Gasteiger partial charge in [-0.15, -0.1) is 0 Å². The van der Waals surface area contributed by atoms with Gasteiger partial charge in [-0.2, -0.15) is 49.1 Å². The first-order chi connectivity index (χ1) is 11.7. The molecule has 0 saturated heterocycles. The van der Waals surface area contributed by atoms with Crippen molar-refractivity contribution in [1.29, 1.82) is 5.26 Å². The van der Waals surface area contributed by atoms with E-state index in [1.165, 1.54) is 6.07 Å². The van der Waals surface area contributed by atoms with Gasteiger partial charge in [0.2, 0.25) is 0 Å². The smallest absolute Gasteiger partial charge is 0.345 e. The summed E-state index contributed by atoms with van der Waals surface area (Å²) < 4.78 is 118. The lowest BCUT2D eigenvalue weighted by Crippen LogP contribution is -2.11. The number of rotatable bonds is 2. The van der Waals surface area contributed by atoms with Crippen molar-refractivity contribution in [3.05, 3.63) is 40.6 Å². The number of nitrogens with one attached hydrogen (secondary N) is 1. The molecule has 0 aliphatic carbocycles. The predicted molar refractivity (Wildman–Crippen MR) is 71.6 cm³/mol. The molecule has 0 saturated carbocycles. The second kappa shape index (κ2) is 6.35. The van der Waals surface area contributed by atoms with E-state index >= 15 is 0 Å². The van der Waals surface area contributed by atoms with Crippen LogP contribution in [0, 0.1) is 11.3 Å². The molecule has 1 aromatic heterocycles. The van der Waals surface area contributed by atoms with E-state index in [0.717, 1.165) is 0 Å². The maximum Gasteiger partial charge on any atom is 0.435 e. The highest BCUT2D eigenvalue weighted by molar-refractivity contribution is 7.10. The van der Waals surface area contributed by atoms with Crippen LogP contribution in [-0.4, -0.2) is 4.37 Å². The molecule has 1 N–H and O–H groups in total. The molecule has 1 aromatic carbocycles. The van der Waals surface area contributed by atoms with Crippen LogP contribution in [0.5, 0.6) is 0 Å². The lowest BCUT2D eigenvalue weighted by molar-refractivity contribution is -0.143. The van der Waals surface area contributed by atoms with Gasteiger partial charge in [0, 0.05) is 5.69 Å². The molecule has 26 heavy (non-hydrogen) atoms. The first kappa shape index (κ1) is 19.8. The van der Waals surface area contributed by atoms with Gasteiger partial charge >= 0.3 is 18.5 Å². The van der Waals surface area contributed by atoms with Gasteiger partial charge in [-0.05, 0) is 29.7 Å². The molecule has 3 nitrogen and oxygen atoms in total. The van der Waals surface area contributed by atoms with Crippen molar-refractivity contribution in [3.63, 3.8) is 0 Å². The molecule has 0 radical (unpaired) electrons. The molecular formula is C13H4F9N3S. The van der Waals surface area contributed by atoms with Gasteiger partial charge in [0.05, 0.1) is 11.1 Å². The number of nitrogens with zero attached hydrogens (tertiary/aromatic N) is 2. The van der Waals surface area contributed by atoms with Crippen molar-refractivity contribution >= 4 is 22.2 Å². The van der Waals surface area contributed by atoms with E-state index in [1.54, 1.807) is 0 Å². The van der Waals surface area contributed by atoms with Crippen LogP contribution in [0.4, 0.5) is 50.2 Å². The van der Waals surface area contributed by atoms with Crippen LogP contribution in [0.1, 0.15) is 22.4 Å². The van der Waals surface area contributed by atoms with Gasteiger partial charge < -0.3 is 5.32 Å². The van der Waals surface area contributed by atoms with E-state index < -0.39 is 51.6 Å². The molecule has 0 spiro atoms. The molecular weight excluding hydrogens is 401 g/mol. The second-order valence-electron chi connectivity index (χ2n) is 4.76. The van der Waals surface area contributed by atoms with Crippen LogP contribution in [0.3, 0.4) is 0 Å². The Bertz CT molecular complexity index is 823. The maximum absolute atomic E-state index is 12.8. The summed E-state index contributed by atoms with van der Waals surface area (Å²) >= 11 is 0.0830. The van der Waals surface area contributed by atoms with Gasteiger partial charge in [-0.3, -0.25) is 0 Å². The first-order valence-corrected chi connectivity index (χ1v) is 7.04. The summed E-state index contributed by atoms with van der Waals surface area (Å²) in [7, 11) is 0. The third-order valence-corrected chi connectivity index (χ3v) is 3.68. The van der Waals surface area contributed by atoms with E-state index in [2.05, 4.69) is 4.37 Å². The van der Waals surface area contributed by atoms with Crippen LogP contribution in [0.25, 0.3) is 0 Å². The van der Waals surface area contributed by atoms with Gasteiger partial charge in [0.15, 0.2) is 5.69 Å². The van der Waals surface area contributed by atoms with Crippen LogP contribution in [0.15, 0.2) is 18.2 Å². The van der Waals surface area contributed by atoms with Gasteiger partial charge in [0.25, 0.3) is 0 Å². The monoisotopic (exact) mass is 405 g/mol. The molecule has 2 aromatic rings. The number of alkyl halides is 9. The fraction of sp³-hybridized carbons (Fsp3) is 0.231. The van der Waals surface area contributed by atoms with Crippen molar-refractivity contribution in [2.75, 3.05) is 5.32 Å². The minimum absolute atomic E-state index is 0.0830. The summed E-state index contributed by atoms with van der Waals surface area (Å²) in [6.45, 7) is 0. The molecule has 0 unspecified atom stereocenters. The number of halogens is 9. The van der Waals surface area contributed by atoms with E-state index in [-0.39, 0.29) is 29.7 Å². The zero-order chi connectivity index (χ0) is 19.9. The van der Waals surface area contributed by atoms with Crippen molar-refractivity contribution in [1.82, 2.24) is 4.37 Å². The Morgan fingerprint density at radius 2 is 1.35 bits per heavy atom. The number of anilines is 2. The summed E-state index contributed by atoms with van der Waals surface area (Å²) in [5, 5.41) is 10.2. The molecule has 0 bridgehead atoms. The Hall–Kier alpha value is -2.49. The van der Waals surface area contributed by atoms with Crippen molar-refractivity contribution in [3.8, 4) is 6.07 Å². The average molecular weight is 405 g/mol. The Morgan fingerprint density at radius 3 is 1.73 bits per heavy atom. The number of hydrogen-bond acceptors (Lipinski definition) is 4. The minimum atomic E-state index is -5.12. The van der Waals surface area contributed by atoms with E-state index in [1.807, 2.05) is 5.32 Å². The molecule has 1 heterocycles. The highest BCUT2D eigenvalue weighted by Gasteiger charge is 2.39. The summed E-state index contributed by atoms with van der Waals surface area (Å²) in [6.07, 6.45) is -15.3. The van der Waals surface area contributed by atoms with Crippen LogP contribution < -0.4 is 5.32 Å². The van der Waals surface area contributed by atoms with Crippen molar-refractivity contribution in [2.45, 2.75) is 18.5 Å². The molecule has 140 valence electrons. The number of hydrogen-bond donors (Lipinski definition) is 1. The van der Waals surface area contributed by atoms with Gasteiger partial charge in [-0.1, -0.05) is 0 Å². The topological polar surface area (TPSA) is 48.7 Å². The van der Waals surface area contributed by atoms with Crippen LogP contribution >= 0.6 is 11.5 Å². The highest BCUT2D eigenvalue weighted by atomic mass is 32.1. The first-order valence-electron chi connectivity index (χ1n) is 6.27. The van der Waals surface area contributed by atoms with E-state index in [9.17, 15) is 39.5 Å². The standard InChI is InChI=1S/C13H4F9N3S/c14-11(15,16)5-1-6(12(17,18)19)3-7(2-5)24-10-8(4-23)9(25-26-10)13(20,21)22/h1-3,24H. The van der Waals surface area contributed by atoms with Gasteiger partial charge in [-0.25, -0.2) is 0 Å². The normalized spacial score (nSPS) is 12.8. The fourth-order valence-corrected chi connectivity index (χ4v) is 2.61. The second-order valence-corrected chi connectivity index (χ2v) is 5.54. The third kappa shape index (κ3) is 4.18. The van der Waals surface area contributed by atoms with Gasteiger partial charge in [0.1, 0.15) is 16.6 Å². The molecule has 0 fully saturated rings. The third-order valence-electron chi connectivity index (χ3n) is 2.92. The average Bonchev–Trinajstić information content (AvgIpc) is 2.87. The lowest BCUT2D eigenvalue weighted by atomic mass is 10.1. The Morgan fingerprint density at radius 1 is 0.846 bits per heavy atom. The van der Waals surface area contributed by atoms with Crippen molar-refractivity contribution < 1.29 is 39.5 Å². The predicted octanol–water partition coefficient (Wildman–Crippen LogP) is 5.81. The summed E-state index contributed by atoms with van der Waals surface area (Å²) in [5.74, 6) is 0. The highest BCUT2D eigenvalue weighted by Crippen LogP contribution is 2.40. The Labute approximate surface area is 142 Å². The number of aromatic nitrogens is 1. The van der Waals surface area contributed by atoms with E-state index in [0.29, 0.717) is 0 Å². The number of nitriles is 1. The zero-order valence-electron chi connectivity index (χ0n) is 11.9. The summed E-state index contributed by atoms with van der Waals surface area (Å²) in [6, 6.07) is 1.61. The SMILES string of the molecule is N#Cc1c(C(F)(F)F)nsc1Nc1cc(C(F)(F)F)cc(C(F)(F)F)c1.